The average Bonchev–Trinajstić information content (AvgIpc) is 3.71. The minimum atomic E-state index is 0.238. The maximum Gasteiger partial charge on any atom is 0.0866 e. The molecule has 0 spiro atoms. The zero-order valence-corrected chi connectivity index (χ0v) is 22.7. The van der Waals surface area contributed by atoms with Gasteiger partial charge in [-0.3, -0.25) is 4.90 Å². The van der Waals surface area contributed by atoms with E-state index in [0.29, 0.717) is 18.2 Å². The van der Waals surface area contributed by atoms with Crippen molar-refractivity contribution in [3.8, 4) is 0 Å². The van der Waals surface area contributed by atoms with Crippen LogP contribution < -0.4 is 4.90 Å². The largest absolute Gasteiger partial charge is 0.351 e. The Hall–Kier alpha value is -1.80. The van der Waals surface area contributed by atoms with E-state index in [9.17, 15) is 0 Å². The molecule has 0 bridgehead atoms. The third kappa shape index (κ3) is 3.25. The number of nitrogens with zero attached hydrogens (tertiary/aromatic N) is 2. The summed E-state index contributed by atoms with van der Waals surface area (Å²) in [6.45, 7) is 4.92. The Morgan fingerprint density at radius 1 is 0.694 bits per heavy atom. The van der Waals surface area contributed by atoms with Crippen LogP contribution >= 0.6 is 0 Å². The zero-order chi connectivity index (χ0) is 24.3. The lowest BCUT2D eigenvalue weighted by molar-refractivity contribution is -0.0567. The van der Waals surface area contributed by atoms with Gasteiger partial charge in [-0.25, -0.2) is 0 Å². The van der Waals surface area contributed by atoms with E-state index >= 15 is 0 Å². The highest BCUT2D eigenvalue weighted by atomic mass is 15.5. The summed E-state index contributed by atoms with van der Waals surface area (Å²) in [7, 11) is 0. The number of hydrogen-bond donors (Lipinski definition) is 0. The first-order valence-corrected chi connectivity index (χ1v) is 15.4. The van der Waals surface area contributed by atoms with Crippen LogP contribution in [0, 0.1) is 24.7 Å². The highest BCUT2D eigenvalue weighted by Gasteiger charge is 2.66. The van der Waals surface area contributed by atoms with Gasteiger partial charge in [0.2, 0.25) is 0 Å². The van der Waals surface area contributed by atoms with Gasteiger partial charge < -0.3 is 4.90 Å². The smallest absolute Gasteiger partial charge is 0.0866 e. The quantitative estimate of drug-likeness (QED) is 0.430. The maximum atomic E-state index is 3.25. The maximum absolute atomic E-state index is 3.25. The summed E-state index contributed by atoms with van der Waals surface area (Å²) in [5, 5.41) is 0. The highest BCUT2D eigenvalue weighted by Crippen LogP contribution is 2.66. The van der Waals surface area contributed by atoms with Crippen molar-refractivity contribution in [1.29, 1.82) is 0 Å². The van der Waals surface area contributed by atoms with Gasteiger partial charge in [-0.1, -0.05) is 87.4 Å². The minimum Gasteiger partial charge on any atom is -0.351 e. The highest BCUT2D eigenvalue weighted by molar-refractivity contribution is 5.59. The van der Waals surface area contributed by atoms with Gasteiger partial charge in [-0.05, 0) is 92.9 Å². The summed E-state index contributed by atoms with van der Waals surface area (Å²) in [6, 6.07) is 20.2. The van der Waals surface area contributed by atoms with Crippen LogP contribution in [-0.2, 0) is 5.54 Å². The Morgan fingerprint density at radius 2 is 1.28 bits per heavy atom. The van der Waals surface area contributed by atoms with Crippen molar-refractivity contribution in [2.75, 3.05) is 4.90 Å². The molecule has 2 heteroatoms. The summed E-state index contributed by atoms with van der Waals surface area (Å²) in [6.07, 6.45) is 19.1. The molecule has 5 aliphatic rings. The monoisotopic (exact) mass is 482 g/mol. The van der Waals surface area contributed by atoms with Gasteiger partial charge in [0.25, 0.3) is 0 Å². The molecule has 1 saturated heterocycles. The second-order valence-electron chi connectivity index (χ2n) is 13.0. The molecule has 3 atom stereocenters. The molecule has 3 saturated carbocycles. The van der Waals surface area contributed by atoms with Crippen LogP contribution in [-0.4, -0.2) is 17.1 Å². The molecule has 2 nitrogen and oxygen atoms in total. The molecular weight excluding hydrogens is 436 g/mol. The lowest BCUT2D eigenvalue weighted by Gasteiger charge is -2.53. The lowest BCUT2D eigenvalue weighted by Crippen LogP contribution is -2.58. The van der Waals surface area contributed by atoms with Gasteiger partial charge >= 0.3 is 0 Å². The zero-order valence-electron chi connectivity index (χ0n) is 22.7. The van der Waals surface area contributed by atoms with E-state index in [2.05, 4.69) is 72.2 Å². The predicted molar refractivity (Wildman–Crippen MR) is 150 cm³/mol. The van der Waals surface area contributed by atoms with Crippen LogP contribution in [0.25, 0.3) is 0 Å². The molecule has 3 aliphatic carbocycles. The first-order valence-electron chi connectivity index (χ1n) is 15.4. The molecule has 0 N–H and O–H groups in total. The van der Waals surface area contributed by atoms with Crippen molar-refractivity contribution in [2.24, 2.45) is 17.8 Å². The summed E-state index contributed by atoms with van der Waals surface area (Å²) in [4.78, 5) is 6.20. The molecule has 2 aromatic rings. The third-order valence-electron chi connectivity index (χ3n) is 11.3. The number of aryl methyl sites for hydroxylation is 1. The topological polar surface area (TPSA) is 6.48 Å². The second kappa shape index (κ2) is 9.19. The molecule has 2 aliphatic heterocycles. The summed E-state index contributed by atoms with van der Waals surface area (Å²) >= 11 is 0. The number of fused-ring (bicyclic) bond motifs is 3. The van der Waals surface area contributed by atoms with Gasteiger partial charge in [-0.2, -0.15) is 0 Å². The van der Waals surface area contributed by atoms with E-state index in [1.165, 1.54) is 94.7 Å². The van der Waals surface area contributed by atoms with E-state index < -0.39 is 0 Å². The molecule has 0 aromatic heterocycles. The van der Waals surface area contributed by atoms with Crippen LogP contribution in [0.1, 0.15) is 113 Å². The van der Waals surface area contributed by atoms with E-state index in [-0.39, 0.29) is 5.54 Å². The molecule has 0 amide bonds. The number of hydrogen-bond acceptors (Lipinski definition) is 2. The van der Waals surface area contributed by atoms with Crippen molar-refractivity contribution >= 4 is 5.69 Å². The van der Waals surface area contributed by atoms with E-state index in [1.54, 1.807) is 11.1 Å². The molecule has 2 unspecified atom stereocenters. The molecule has 36 heavy (non-hydrogen) atoms. The summed E-state index contributed by atoms with van der Waals surface area (Å²) < 4.78 is 0. The fraction of sp³-hybridized carbons (Fsp3) is 0.647. The van der Waals surface area contributed by atoms with Crippen LogP contribution in [0.15, 0.2) is 48.5 Å². The number of benzene rings is 2. The average molecular weight is 483 g/mol. The Bertz CT molecular complexity index is 1060. The van der Waals surface area contributed by atoms with Crippen molar-refractivity contribution < 1.29 is 0 Å². The first kappa shape index (κ1) is 23.3. The molecule has 192 valence electrons. The molecule has 0 radical (unpaired) electrons. The van der Waals surface area contributed by atoms with Crippen molar-refractivity contribution in [2.45, 2.75) is 121 Å². The standard InChI is InChI=1S/C34H46N2/c1-24-14-6-13-23-31(24)35-25(2)32-29-21-11-12-22-30(29)34(27-17-7-8-18-27,28-19-9-10-20-28)36(32)33(35)26-15-4-3-5-16-26/h6,11-14,21-23,25-28,32-33H,3-5,7-10,15-20H2,1-2H3/t25-,32?,33?/m0/s1. The van der Waals surface area contributed by atoms with Crippen molar-refractivity contribution in [1.82, 2.24) is 4.90 Å². The summed E-state index contributed by atoms with van der Waals surface area (Å²) in [5.74, 6) is 2.42. The molecule has 7 rings (SSSR count). The fourth-order valence-corrected chi connectivity index (χ4v) is 10.1. The van der Waals surface area contributed by atoms with Gasteiger partial charge in [0.1, 0.15) is 0 Å². The number of rotatable bonds is 4. The van der Waals surface area contributed by atoms with Gasteiger partial charge in [0.05, 0.1) is 17.7 Å². The van der Waals surface area contributed by atoms with Crippen LogP contribution in [0.3, 0.4) is 0 Å². The normalized spacial score (nSPS) is 31.3. The van der Waals surface area contributed by atoms with E-state index in [1.807, 2.05) is 0 Å². The van der Waals surface area contributed by atoms with Crippen LogP contribution in [0.5, 0.6) is 0 Å². The number of para-hydroxylation sites is 1. The van der Waals surface area contributed by atoms with E-state index in [0.717, 1.165) is 17.8 Å². The van der Waals surface area contributed by atoms with Gasteiger partial charge in [0, 0.05) is 11.7 Å². The third-order valence-corrected chi connectivity index (χ3v) is 11.3. The molecule has 2 heterocycles. The SMILES string of the molecule is Cc1ccccc1N1C(C2CCCCC2)N2C(c3ccccc3C2(C2CCCC2)C2CCCC2)[C@@H]1C. The van der Waals surface area contributed by atoms with Gasteiger partial charge in [0.15, 0.2) is 0 Å². The van der Waals surface area contributed by atoms with Crippen LogP contribution in [0.4, 0.5) is 5.69 Å². The fourth-order valence-electron chi connectivity index (χ4n) is 10.1. The Morgan fingerprint density at radius 3 is 1.94 bits per heavy atom. The first-order chi connectivity index (χ1) is 17.7. The van der Waals surface area contributed by atoms with Gasteiger partial charge in [-0.15, -0.1) is 0 Å². The van der Waals surface area contributed by atoms with Crippen LogP contribution in [0.2, 0.25) is 0 Å². The Balaban J connectivity index is 1.47. The predicted octanol–water partition coefficient (Wildman–Crippen LogP) is 8.74. The molecule has 2 aromatic carbocycles. The Kier molecular flexibility index (Phi) is 5.96. The molecule has 4 fully saturated rings. The number of anilines is 1. The van der Waals surface area contributed by atoms with Crippen molar-refractivity contribution in [3.63, 3.8) is 0 Å². The molecular formula is C34H46N2. The summed E-state index contributed by atoms with van der Waals surface area (Å²) in [5.41, 5.74) is 6.62. The Labute approximate surface area is 219 Å². The van der Waals surface area contributed by atoms with E-state index in [4.69, 9.17) is 0 Å². The lowest BCUT2D eigenvalue weighted by atomic mass is 9.67. The minimum absolute atomic E-state index is 0.238. The second-order valence-corrected chi connectivity index (χ2v) is 13.0. The van der Waals surface area contributed by atoms with Crippen molar-refractivity contribution in [3.05, 3.63) is 65.2 Å².